The Morgan fingerprint density at radius 1 is 0.846 bits per heavy atom. The lowest BCUT2D eigenvalue weighted by atomic mass is 10.0. The van der Waals surface area contributed by atoms with Crippen molar-refractivity contribution >= 4 is 11.6 Å². The van der Waals surface area contributed by atoms with E-state index in [4.69, 9.17) is 4.42 Å². The van der Waals surface area contributed by atoms with Gasteiger partial charge in [-0.3, -0.25) is 0 Å². The van der Waals surface area contributed by atoms with Gasteiger partial charge in [-0.05, 0) is 34.9 Å². The van der Waals surface area contributed by atoms with Gasteiger partial charge in [-0.2, -0.15) is 10.1 Å². The van der Waals surface area contributed by atoms with E-state index in [9.17, 15) is 0 Å². The molecule has 0 saturated carbocycles. The summed E-state index contributed by atoms with van der Waals surface area (Å²) in [4.78, 5) is 4.32. The molecule has 2 aromatic carbocycles. The van der Waals surface area contributed by atoms with Crippen LogP contribution in [0.4, 0.5) is 5.95 Å². The maximum Gasteiger partial charge on any atom is 0.226 e. The van der Waals surface area contributed by atoms with E-state index in [2.05, 4.69) is 70.0 Å². The zero-order valence-corrected chi connectivity index (χ0v) is 13.9. The number of anilines is 1. The minimum absolute atomic E-state index is 0.118. The van der Waals surface area contributed by atoms with Gasteiger partial charge in [0.05, 0.1) is 6.26 Å². The number of aromatic nitrogens is 3. The second-order valence-corrected chi connectivity index (χ2v) is 6.14. The Kier molecular flexibility index (Phi) is 3.42. The van der Waals surface area contributed by atoms with Gasteiger partial charge >= 0.3 is 0 Å². The summed E-state index contributed by atoms with van der Waals surface area (Å²) in [5.41, 5.74) is 4.48. The minimum atomic E-state index is -0.118. The Labute approximate surface area is 150 Å². The molecule has 1 N–H and O–H groups in total. The Bertz CT molecular complexity index is 1050. The Hall–Kier alpha value is -3.60. The average molecular weight is 340 g/mol. The Morgan fingerprint density at radius 2 is 1.62 bits per heavy atom. The van der Waals surface area contributed by atoms with E-state index in [1.807, 2.05) is 22.9 Å². The molecular weight excluding hydrogens is 324 g/mol. The lowest BCUT2D eigenvalue weighted by molar-refractivity contribution is 0.448. The largest absolute Gasteiger partial charge is 0.467 e. The number of nitrogens with zero attached hydrogens (tertiary/aromatic N) is 3. The number of fused-ring (bicyclic) bond motifs is 1. The molecule has 1 aliphatic rings. The van der Waals surface area contributed by atoms with Gasteiger partial charge < -0.3 is 9.73 Å². The Balaban J connectivity index is 1.52. The third-order valence-electron chi connectivity index (χ3n) is 4.55. The second kappa shape index (κ2) is 6.04. The molecule has 1 aliphatic heterocycles. The van der Waals surface area contributed by atoms with Gasteiger partial charge in [-0.1, -0.05) is 54.6 Å². The van der Waals surface area contributed by atoms with Crippen LogP contribution in [-0.2, 0) is 0 Å². The van der Waals surface area contributed by atoms with Crippen LogP contribution in [0.5, 0.6) is 0 Å². The molecule has 5 heteroatoms. The standard InChI is InChI=1S/C21H16N4O/c1-2-5-15(6-3-1)16-8-10-17(11-9-16)18-13-19(20-7-4-12-26-20)25-21(24-18)22-14-23-25/h1-14,19H,(H,22,23,24). The number of nitrogens with one attached hydrogen (secondary N) is 1. The Morgan fingerprint density at radius 3 is 2.38 bits per heavy atom. The summed E-state index contributed by atoms with van der Waals surface area (Å²) in [6.07, 6.45) is 5.34. The van der Waals surface area contributed by atoms with Crippen LogP contribution in [0.15, 0.2) is 89.8 Å². The van der Waals surface area contributed by atoms with E-state index in [-0.39, 0.29) is 6.04 Å². The number of furan rings is 1. The SMILES string of the molecule is C1=C(c2ccc(-c3ccccc3)cc2)Nc2ncnn2C1c1ccco1. The van der Waals surface area contributed by atoms with Crippen LogP contribution in [-0.4, -0.2) is 14.8 Å². The summed E-state index contributed by atoms with van der Waals surface area (Å²) in [7, 11) is 0. The zero-order valence-electron chi connectivity index (χ0n) is 13.9. The van der Waals surface area contributed by atoms with Gasteiger partial charge in [0, 0.05) is 5.70 Å². The molecule has 0 amide bonds. The van der Waals surface area contributed by atoms with E-state index in [1.165, 1.54) is 11.1 Å². The van der Waals surface area contributed by atoms with Crippen LogP contribution < -0.4 is 5.32 Å². The first kappa shape index (κ1) is 14.7. The van der Waals surface area contributed by atoms with Crippen molar-refractivity contribution in [3.8, 4) is 11.1 Å². The molecule has 0 fully saturated rings. The molecule has 2 aromatic heterocycles. The normalized spacial score (nSPS) is 15.8. The van der Waals surface area contributed by atoms with E-state index in [0.717, 1.165) is 17.0 Å². The topological polar surface area (TPSA) is 55.9 Å². The van der Waals surface area contributed by atoms with E-state index in [1.54, 1.807) is 12.6 Å². The molecule has 0 aliphatic carbocycles. The van der Waals surface area contributed by atoms with E-state index in [0.29, 0.717) is 5.95 Å². The van der Waals surface area contributed by atoms with Gasteiger partial charge in [0.1, 0.15) is 18.1 Å². The molecule has 0 saturated heterocycles. The fourth-order valence-corrected chi connectivity index (χ4v) is 3.24. The number of benzene rings is 2. The lowest BCUT2D eigenvalue weighted by Gasteiger charge is -2.22. The summed E-state index contributed by atoms with van der Waals surface area (Å²) >= 11 is 0. The summed E-state index contributed by atoms with van der Waals surface area (Å²) < 4.78 is 7.42. The third-order valence-corrected chi connectivity index (χ3v) is 4.55. The first-order valence-corrected chi connectivity index (χ1v) is 8.46. The second-order valence-electron chi connectivity index (χ2n) is 6.14. The van der Waals surface area contributed by atoms with Crippen molar-refractivity contribution in [2.45, 2.75) is 6.04 Å². The molecule has 3 heterocycles. The van der Waals surface area contributed by atoms with Gasteiger partial charge in [0.15, 0.2) is 0 Å². The highest BCUT2D eigenvalue weighted by molar-refractivity contribution is 5.78. The highest BCUT2D eigenvalue weighted by Crippen LogP contribution is 2.32. The predicted octanol–water partition coefficient (Wildman–Crippen LogP) is 4.59. The van der Waals surface area contributed by atoms with E-state index < -0.39 is 0 Å². The zero-order chi connectivity index (χ0) is 17.3. The lowest BCUT2D eigenvalue weighted by Crippen LogP contribution is -2.19. The molecule has 1 unspecified atom stereocenters. The average Bonchev–Trinajstić information content (AvgIpc) is 3.40. The molecule has 0 bridgehead atoms. The first-order chi connectivity index (χ1) is 12.9. The van der Waals surface area contributed by atoms with Gasteiger partial charge in [0.2, 0.25) is 5.95 Å². The van der Waals surface area contributed by atoms with E-state index >= 15 is 0 Å². The molecule has 0 spiro atoms. The van der Waals surface area contributed by atoms with Crippen molar-refractivity contribution in [3.63, 3.8) is 0 Å². The van der Waals surface area contributed by atoms with Crippen LogP contribution in [0.2, 0.25) is 0 Å². The number of hydrogen-bond donors (Lipinski definition) is 1. The molecule has 126 valence electrons. The fourth-order valence-electron chi connectivity index (χ4n) is 3.24. The summed E-state index contributed by atoms with van der Waals surface area (Å²) in [6.45, 7) is 0. The van der Waals surface area contributed by atoms with Gasteiger partial charge in [-0.15, -0.1) is 0 Å². The minimum Gasteiger partial charge on any atom is -0.467 e. The number of rotatable bonds is 3. The maximum absolute atomic E-state index is 5.60. The quantitative estimate of drug-likeness (QED) is 0.592. The molecule has 5 rings (SSSR count). The van der Waals surface area contributed by atoms with Gasteiger partial charge in [0.25, 0.3) is 0 Å². The molecule has 1 atom stereocenters. The van der Waals surface area contributed by atoms with Crippen molar-refractivity contribution in [3.05, 3.63) is 96.7 Å². The predicted molar refractivity (Wildman–Crippen MR) is 100 cm³/mol. The maximum atomic E-state index is 5.60. The monoisotopic (exact) mass is 340 g/mol. The van der Waals surface area contributed by atoms with Crippen molar-refractivity contribution in [2.75, 3.05) is 5.32 Å². The molecule has 5 nitrogen and oxygen atoms in total. The van der Waals surface area contributed by atoms with Crippen molar-refractivity contribution in [1.29, 1.82) is 0 Å². The fraction of sp³-hybridized carbons (Fsp3) is 0.0476. The van der Waals surface area contributed by atoms with Gasteiger partial charge in [-0.25, -0.2) is 4.68 Å². The summed E-state index contributed by atoms with van der Waals surface area (Å²) in [6, 6.07) is 22.6. The van der Waals surface area contributed by atoms with Crippen LogP contribution in [0.25, 0.3) is 16.8 Å². The molecule has 26 heavy (non-hydrogen) atoms. The van der Waals surface area contributed by atoms with Crippen LogP contribution in [0.1, 0.15) is 17.4 Å². The van der Waals surface area contributed by atoms with Crippen molar-refractivity contribution in [1.82, 2.24) is 14.8 Å². The number of allylic oxidation sites excluding steroid dienone is 1. The highest BCUT2D eigenvalue weighted by atomic mass is 16.3. The molecule has 0 radical (unpaired) electrons. The summed E-state index contributed by atoms with van der Waals surface area (Å²) in [5.74, 6) is 1.53. The van der Waals surface area contributed by atoms with Crippen molar-refractivity contribution < 1.29 is 4.42 Å². The van der Waals surface area contributed by atoms with Crippen LogP contribution in [0.3, 0.4) is 0 Å². The first-order valence-electron chi connectivity index (χ1n) is 8.46. The molecular formula is C21H16N4O. The van der Waals surface area contributed by atoms with Crippen LogP contribution >= 0.6 is 0 Å². The molecule has 4 aromatic rings. The van der Waals surface area contributed by atoms with Crippen LogP contribution in [0, 0.1) is 0 Å². The smallest absolute Gasteiger partial charge is 0.226 e. The number of hydrogen-bond acceptors (Lipinski definition) is 4. The highest BCUT2D eigenvalue weighted by Gasteiger charge is 2.25. The summed E-state index contributed by atoms with van der Waals surface area (Å²) in [5, 5.41) is 7.67. The van der Waals surface area contributed by atoms with Crippen molar-refractivity contribution in [2.24, 2.45) is 0 Å². The third kappa shape index (κ3) is 2.50.